The third kappa shape index (κ3) is 3.01. The van der Waals surface area contributed by atoms with Gasteiger partial charge in [-0.2, -0.15) is 0 Å². The highest BCUT2D eigenvalue weighted by molar-refractivity contribution is 5.36. The Morgan fingerprint density at radius 2 is 1.88 bits per heavy atom. The lowest BCUT2D eigenvalue weighted by Crippen LogP contribution is -2.22. The molecule has 2 rings (SSSR count). The molecule has 0 radical (unpaired) electrons. The number of nitro benzene ring substituents is 1. The fraction of sp³-hybridized carbons (Fsp3) is 0.500. The molecule has 0 unspecified atom stereocenters. The molecule has 94 valence electrons. The van der Waals surface area contributed by atoms with Gasteiger partial charge in [0.05, 0.1) is 18.1 Å². The zero-order valence-corrected chi connectivity index (χ0v) is 10.3. The van der Waals surface area contributed by atoms with Gasteiger partial charge in [-0.05, 0) is 6.92 Å². The van der Waals surface area contributed by atoms with Crippen LogP contribution < -0.4 is 0 Å². The van der Waals surface area contributed by atoms with Gasteiger partial charge in [-0.3, -0.25) is 10.1 Å². The van der Waals surface area contributed by atoms with Crippen molar-refractivity contribution in [2.75, 3.05) is 13.2 Å². The van der Waals surface area contributed by atoms with Gasteiger partial charge in [0.2, 0.25) is 0 Å². The molecule has 5 nitrogen and oxygen atoms in total. The lowest BCUT2D eigenvalue weighted by Gasteiger charge is -2.22. The van der Waals surface area contributed by atoms with Crippen molar-refractivity contribution in [3.63, 3.8) is 0 Å². The molecular weight excluding hydrogens is 222 g/mol. The van der Waals surface area contributed by atoms with Gasteiger partial charge in [-0.15, -0.1) is 0 Å². The average molecular weight is 239 g/mol. The topological polar surface area (TPSA) is 61.6 Å². The summed E-state index contributed by atoms with van der Waals surface area (Å²) in [5.41, 5.74) is 0.724. The van der Waals surface area contributed by atoms with Crippen LogP contribution >= 0.6 is 0 Å². The van der Waals surface area contributed by atoms with Gasteiger partial charge in [0.1, 0.15) is 0 Å². The molecule has 17 heavy (non-hydrogen) atoms. The minimum atomic E-state index is -0.841. The summed E-state index contributed by atoms with van der Waals surface area (Å²) in [5, 5.41) is 10.6. The van der Waals surface area contributed by atoms with Gasteiger partial charge in [0.15, 0.2) is 5.79 Å². The summed E-state index contributed by atoms with van der Waals surface area (Å²) in [4.78, 5) is 10.2. The monoisotopic (exact) mass is 239 g/mol. The van der Waals surface area contributed by atoms with Crippen LogP contribution in [0.3, 0.4) is 0 Å². The molecular formula is C12H17NO4. The molecule has 0 spiro atoms. The van der Waals surface area contributed by atoms with E-state index in [2.05, 4.69) is 0 Å². The molecule has 0 bridgehead atoms. The van der Waals surface area contributed by atoms with Crippen LogP contribution in [0.2, 0.25) is 0 Å². The second-order valence-corrected chi connectivity index (χ2v) is 3.45. The maximum atomic E-state index is 10.6. The molecule has 0 aliphatic carbocycles. The van der Waals surface area contributed by atoms with E-state index in [1.54, 1.807) is 19.1 Å². The Morgan fingerprint density at radius 3 is 2.41 bits per heavy atom. The Bertz CT molecular complexity index is 386. The SMILES string of the molecule is CC.CC1(c2cccc([N+](=O)[O-])c2)OCCO1. The number of nitro groups is 1. The first-order valence-electron chi connectivity index (χ1n) is 5.65. The van der Waals surface area contributed by atoms with E-state index >= 15 is 0 Å². The predicted octanol–water partition coefficient (Wildman–Crippen LogP) is 2.84. The molecule has 0 atom stereocenters. The smallest absolute Gasteiger partial charge is 0.269 e. The first kappa shape index (κ1) is 13.6. The highest BCUT2D eigenvalue weighted by Crippen LogP contribution is 2.32. The van der Waals surface area contributed by atoms with Crippen molar-refractivity contribution in [2.45, 2.75) is 26.6 Å². The lowest BCUT2D eigenvalue weighted by atomic mass is 10.1. The van der Waals surface area contributed by atoms with Crippen LogP contribution in [0.1, 0.15) is 26.3 Å². The fourth-order valence-corrected chi connectivity index (χ4v) is 1.58. The molecule has 1 aliphatic heterocycles. The van der Waals surface area contributed by atoms with Crippen molar-refractivity contribution < 1.29 is 14.4 Å². The first-order valence-corrected chi connectivity index (χ1v) is 5.65. The van der Waals surface area contributed by atoms with Gasteiger partial charge in [-0.25, -0.2) is 0 Å². The Hall–Kier alpha value is -1.46. The molecule has 1 fully saturated rings. The number of rotatable bonds is 2. The summed E-state index contributed by atoms with van der Waals surface area (Å²) in [6.45, 7) is 6.79. The Morgan fingerprint density at radius 1 is 1.29 bits per heavy atom. The fourth-order valence-electron chi connectivity index (χ4n) is 1.58. The van der Waals surface area contributed by atoms with Crippen molar-refractivity contribution >= 4 is 5.69 Å². The molecule has 1 aromatic rings. The zero-order valence-electron chi connectivity index (χ0n) is 10.3. The van der Waals surface area contributed by atoms with E-state index in [9.17, 15) is 10.1 Å². The number of benzene rings is 1. The minimum Gasteiger partial charge on any atom is -0.344 e. The van der Waals surface area contributed by atoms with E-state index in [1.165, 1.54) is 12.1 Å². The van der Waals surface area contributed by atoms with Crippen LogP contribution in [-0.2, 0) is 15.3 Å². The van der Waals surface area contributed by atoms with E-state index < -0.39 is 10.7 Å². The van der Waals surface area contributed by atoms with Crippen molar-refractivity contribution in [3.8, 4) is 0 Å². The van der Waals surface area contributed by atoms with Crippen LogP contribution in [0.15, 0.2) is 24.3 Å². The molecule has 1 aromatic carbocycles. The molecule has 1 saturated heterocycles. The number of ether oxygens (including phenoxy) is 2. The van der Waals surface area contributed by atoms with Crippen LogP contribution in [0.25, 0.3) is 0 Å². The van der Waals surface area contributed by atoms with Gasteiger partial charge in [0.25, 0.3) is 5.69 Å². The molecule has 0 aromatic heterocycles. The average Bonchev–Trinajstić information content (AvgIpc) is 2.80. The normalized spacial score (nSPS) is 17.1. The van der Waals surface area contributed by atoms with E-state index in [1.807, 2.05) is 13.8 Å². The predicted molar refractivity (Wildman–Crippen MR) is 63.7 cm³/mol. The van der Waals surface area contributed by atoms with Crippen LogP contribution in [0.4, 0.5) is 5.69 Å². The summed E-state index contributed by atoms with van der Waals surface area (Å²) < 4.78 is 10.8. The molecule has 0 N–H and O–H groups in total. The van der Waals surface area contributed by atoms with Gasteiger partial charge in [0, 0.05) is 17.7 Å². The summed E-state index contributed by atoms with van der Waals surface area (Å²) in [7, 11) is 0. The standard InChI is InChI=1S/C10H11NO4.C2H6/c1-10(14-5-6-15-10)8-3-2-4-9(7-8)11(12)13;1-2/h2-4,7H,5-6H2,1H3;1-2H3. The molecule has 0 saturated carbocycles. The van der Waals surface area contributed by atoms with E-state index in [-0.39, 0.29) is 5.69 Å². The van der Waals surface area contributed by atoms with E-state index in [0.717, 1.165) is 0 Å². The van der Waals surface area contributed by atoms with E-state index in [4.69, 9.17) is 9.47 Å². The third-order valence-corrected chi connectivity index (χ3v) is 2.42. The number of hydrogen-bond donors (Lipinski definition) is 0. The quantitative estimate of drug-likeness (QED) is 0.588. The Labute approximate surface area is 101 Å². The van der Waals surface area contributed by atoms with Gasteiger partial charge >= 0.3 is 0 Å². The van der Waals surface area contributed by atoms with Gasteiger partial charge < -0.3 is 9.47 Å². The maximum absolute atomic E-state index is 10.6. The van der Waals surface area contributed by atoms with Crippen molar-refractivity contribution in [1.29, 1.82) is 0 Å². The molecule has 1 heterocycles. The lowest BCUT2D eigenvalue weighted by molar-refractivity contribution is -0.385. The van der Waals surface area contributed by atoms with Crippen molar-refractivity contribution in [1.82, 2.24) is 0 Å². The minimum absolute atomic E-state index is 0.0489. The van der Waals surface area contributed by atoms with Crippen LogP contribution in [-0.4, -0.2) is 18.1 Å². The molecule has 5 heteroatoms. The Balaban J connectivity index is 0.000000686. The second-order valence-electron chi connectivity index (χ2n) is 3.45. The van der Waals surface area contributed by atoms with Gasteiger partial charge in [-0.1, -0.05) is 26.0 Å². The van der Waals surface area contributed by atoms with Crippen LogP contribution in [0.5, 0.6) is 0 Å². The number of non-ortho nitro benzene ring substituents is 1. The second kappa shape index (κ2) is 5.75. The molecule has 0 amide bonds. The van der Waals surface area contributed by atoms with Crippen LogP contribution in [0, 0.1) is 10.1 Å². The summed E-state index contributed by atoms with van der Waals surface area (Å²) >= 11 is 0. The number of hydrogen-bond acceptors (Lipinski definition) is 4. The van der Waals surface area contributed by atoms with Crippen molar-refractivity contribution in [2.24, 2.45) is 0 Å². The maximum Gasteiger partial charge on any atom is 0.269 e. The highest BCUT2D eigenvalue weighted by Gasteiger charge is 2.33. The largest absolute Gasteiger partial charge is 0.344 e. The third-order valence-electron chi connectivity index (χ3n) is 2.42. The number of nitrogens with zero attached hydrogens (tertiary/aromatic N) is 1. The summed E-state index contributed by atoms with van der Waals surface area (Å²) in [6.07, 6.45) is 0. The highest BCUT2D eigenvalue weighted by atomic mass is 16.7. The molecule has 1 aliphatic rings. The first-order chi connectivity index (χ1) is 8.12. The zero-order chi connectivity index (χ0) is 12.9. The Kier molecular flexibility index (Phi) is 4.60. The van der Waals surface area contributed by atoms with Crippen molar-refractivity contribution in [3.05, 3.63) is 39.9 Å². The summed E-state index contributed by atoms with van der Waals surface area (Å²) in [5.74, 6) is -0.841. The van der Waals surface area contributed by atoms with E-state index in [0.29, 0.717) is 18.8 Å². The summed E-state index contributed by atoms with van der Waals surface area (Å²) in [6, 6.07) is 6.31.